The van der Waals surface area contributed by atoms with Gasteiger partial charge in [0, 0.05) is 13.1 Å². The van der Waals surface area contributed by atoms with Gasteiger partial charge in [-0.05, 0) is 12.8 Å². The molecule has 0 aromatic rings. The predicted molar refractivity (Wildman–Crippen MR) is 57.6 cm³/mol. The van der Waals surface area contributed by atoms with E-state index in [0.717, 1.165) is 10.7 Å². The zero-order valence-corrected chi connectivity index (χ0v) is 10.9. The number of sulfonamides is 1. The van der Waals surface area contributed by atoms with Gasteiger partial charge >= 0.3 is 5.44 Å². The highest BCUT2D eigenvalue weighted by molar-refractivity contribution is 7.95. The number of piperidine rings is 1. The molecule has 0 saturated carbocycles. The minimum atomic E-state index is -3.94. The number of hydrogen-bond donors (Lipinski definition) is 1. The van der Waals surface area contributed by atoms with Gasteiger partial charge in [-0.1, -0.05) is 11.5 Å². The minimum Gasteiger partial charge on any atom is -0.292 e. The second-order valence-corrected chi connectivity index (χ2v) is 6.22. The molecule has 18 heavy (non-hydrogen) atoms. The summed E-state index contributed by atoms with van der Waals surface area (Å²) in [6.45, 7) is 0.612. The standard InChI is InChI=1S/C7H13F2NO6S2/c8-7(9,17-16-15-11)14-6-18(12,13)10-4-2-1-3-5-10/h11H,1-6H2. The lowest BCUT2D eigenvalue weighted by Crippen LogP contribution is -2.39. The van der Waals surface area contributed by atoms with Crippen LogP contribution in [0.15, 0.2) is 0 Å². The van der Waals surface area contributed by atoms with E-state index in [1.807, 2.05) is 0 Å². The predicted octanol–water partition coefficient (Wildman–Crippen LogP) is 1.40. The van der Waals surface area contributed by atoms with Crippen molar-refractivity contribution in [2.45, 2.75) is 24.7 Å². The lowest BCUT2D eigenvalue weighted by Gasteiger charge is -2.26. The molecule has 0 aromatic heterocycles. The Morgan fingerprint density at radius 3 is 2.44 bits per heavy atom. The van der Waals surface area contributed by atoms with Gasteiger partial charge in [-0.3, -0.25) is 4.74 Å². The largest absolute Gasteiger partial charge is 0.437 e. The first-order valence-electron chi connectivity index (χ1n) is 5.03. The van der Waals surface area contributed by atoms with Gasteiger partial charge in [0.15, 0.2) is 5.94 Å². The van der Waals surface area contributed by atoms with E-state index in [9.17, 15) is 17.2 Å². The Hall–Kier alpha value is -0.0400. The first-order chi connectivity index (χ1) is 8.37. The van der Waals surface area contributed by atoms with Gasteiger partial charge < -0.3 is 0 Å². The van der Waals surface area contributed by atoms with Crippen LogP contribution in [0.5, 0.6) is 0 Å². The topological polar surface area (TPSA) is 85.3 Å². The lowest BCUT2D eigenvalue weighted by molar-refractivity contribution is -0.434. The molecule has 0 amide bonds. The maximum absolute atomic E-state index is 12.8. The molecule has 0 unspecified atom stereocenters. The second-order valence-electron chi connectivity index (χ2n) is 3.52. The Balaban J connectivity index is 2.45. The van der Waals surface area contributed by atoms with Crippen LogP contribution in [0.25, 0.3) is 0 Å². The third kappa shape index (κ3) is 5.30. The highest BCUT2D eigenvalue weighted by Crippen LogP contribution is 2.31. The van der Waals surface area contributed by atoms with Crippen LogP contribution in [0.4, 0.5) is 8.78 Å². The van der Waals surface area contributed by atoms with Crippen LogP contribution in [-0.2, 0) is 24.1 Å². The zero-order valence-electron chi connectivity index (χ0n) is 9.25. The average molecular weight is 309 g/mol. The van der Waals surface area contributed by atoms with Crippen molar-refractivity contribution >= 4 is 22.1 Å². The van der Waals surface area contributed by atoms with E-state index in [0.29, 0.717) is 25.9 Å². The molecule has 0 aromatic carbocycles. The van der Waals surface area contributed by atoms with Crippen LogP contribution >= 0.6 is 12.0 Å². The molecule has 1 rings (SSSR count). The summed E-state index contributed by atoms with van der Waals surface area (Å²) in [6.07, 6.45) is 2.32. The molecule has 1 fully saturated rings. The van der Waals surface area contributed by atoms with E-state index >= 15 is 0 Å². The summed E-state index contributed by atoms with van der Waals surface area (Å²) in [5.74, 6) is -1.16. The Bertz CT molecular complexity index is 346. The number of nitrogens with zero attached hydrogens (tertiary/aromatic N) is 1. The SMILES string of the molecule is O=S(=O)(COC(F)(F)SOOO)N1CCCCC1. The summed E-state index contributed by atoms with van der Waals surface area (Å²) in [4.78, 5) is 0. The highest BCUT2D eigenvalue weighted by Gasteiger charge is 2.37. The van der Waals surface area contributed by atoms with E-state index in [-0.39, 0.29) is 0 Å². The number of halogens is 2. The van der Waals surface area contributed by atoms with Crippen LogP contribution in [0.1, 0.15) is 19.3 Å². The van der Waals surface area contributed by atoms with Crippen molar-refractivity contribution in [1.29, 1.82) is 0 Å². The van der Waals surface area contributed by atoms with Gasteiger partial charge in [0.1, 0.15) is 12.0 Å². The number of ether oxygens (including phenoxy) is 1. The van der Waals surface area contributed by atoms with Gasteiger partial charge in [0.25, 0.3) is 0 Å². The molecule has 1 aliphatic rings. The molecule has 1 aliphatic heterocycles. The molecule has 0 spiro atoms. The minimum absolute atomic E-state index is 0.306. The van der Waals surface area contributed by atoms with Crippen molar-refractivity contribution in [1.82, 2.24) is 4.31 Å². The van der Waals surface area contributed by atoms with Crippen LogP contribution in [0.3, 0.4) is 0 Å². The molecule has 0 atom stereocenters. The second kappa shape index (κ2) is 6.93. The smallest absolute Gasteiger partial charge is 0.292 e. The third-order valence-corrected chi connectivity index (χ3v) is 4.25. The van der Waals surface area contributed by atoms with E-state index in [4.69, 9.17) is 5.26 Å². The van der Waals surface area contributed by atoms with Crippen LogP contribution in [0.2, 0.25) is 0 Å². The highest BCUT2D eigenvalue weighted by atomic mass is 32.2. The third-order valence-electron chi connectivity index (χ3n) is 2.25. The average Bonchev–Trinajstić information content (AvgIpc) is 2.36. The normalized spacial score (nSPS) is 19.1. The van der Waals surface area contributed by atoms with Crippen molar-refractivity contribution in [3.63, 3.8) is 0 Å². The monoisotopic (exact) mass is 309 g/mol. The molecular weight excluding hydrogens is 296 g/mol. The summed E-state index contributed by atoms with van der Waals surface area (Å²) in [7, 11) is -3.88. The van der Waals surface area contributed by atoms with Crippen molar-refractivity contribution in [3.8, 4) is 0 Å². The van der Waals surface area contributed by atoms with Crippen molar-refractivity contribution in [3.05, 3.63) is 0 Å². The fourth-order valence-electron chi connectivity index (χ4n) is 1.44. The van der Waals surface area contributed by atoms with Crippen molar-refractivity contribution in [2.75, 3.05) is 19.0 Å². The summed E-state index contributed by atoms with van der Waals surface area (Å²) in [5, 5.41) is 10.7. The molecule has 0 bridgehead atoms. The molecule has 1 N–H and O–H groups in total. The summed E-state index contributed by atoms with van der Waals surface area (Å²) >= 11 is -0.645. The number of rotatable bonds is 7. The lowest BCUT2D eigenvalue weighted by atomic mass is 10.2. The quantitative estimate of drug-likeness (QED) is 0.329. The summed E-state index contributed by atoms with van der Waals surface area (Å²) in [6, 6.07) is 0. The zero-order chi connectivity index (χ0) is 13.6. The van der Waals surface area contributed by atoms with E-state index < -0.39 is 33.4 Å². The Labute approximate surface area is 107 Å². The maximum Gasteiger partial charge on any atom is 0.437 e. The fourth-order valence-corrected chi connectivity index (χ4v) is 2.99. The fraction of sp³-hybridized carbons (Fsp3) is 1.00. The van der Waals surface area contributed by atoms with Gasteiger partial charge in [-0.2, -0.15) is 13.1 Å². The molecule has 0 aliphatic carbocycles. The Morgan fingerprint density at radius 2 is 1.89 bits per heavy atom. The van der Waals surface area contributed by atoms with Gasteiger partial charge in [0.05, 0.1) is 0 Å². The van der Waals surface area contributed by atoms with Gasteiger partial charge in [-0.15, -0.1) is 4.33 Å². The van der Waals surface area contributed by atoms with E-state index in [1.54, 1.807) is 0 Å². The maximum atomic E-state index is 12.8. The number of alkyl halides is 2. The van der Waals surface area contributed by atoms with Gasteiger partial charge in [-0.25, -0.2) is 13.7 Å². The molecule has 1 saturated heterocycles. The molecule has 1 heterocycles. The molecule has 0 radical (unpaired) electrons. The molecule has 11 heteroatoms. The first kappa shape index (κ1) is 16.0. The molecule has 108 valence electrons. The van der Waals surface area contributed by atoms with Crippen LogP contribution in [-0.4, -0.2) is 42.4 Å². The van der Waals surface area contributed by atoms with E-state index in [1.165, 1.54) is 0 Å². The van der Waals surface area contributed by atoms with Crippen molar-refractivity contribution in [2.24, 2.45) is 0 Å². The van der Waals surface area contributed by atoms with E-state index in [2.05, 4.69) is 14.1 Å². The first-order valence-corrected chi connectivity index (χ1v) is 7.38. The summed E-state index contributed by atoms with van der Waals surface area (Å²) in [5.41, 5.74) is -3.94. The van der Waals surface area contributed by atoms with Crippen molar-refractivity contribution < 1.29 is 36.6 Å². The van der Waals surface area contributed by atoms with Gasteiger partial charge in [0.2, 0.25) is 10.0 Å². The Morgan fingerprint density at radius 1 is 1.28 bits per heavy atom. The summed E-state index contributed by atoms with van der Waals surface area (Å²) < 4.78 is 57.5. The molecular formula is C7H13F2NO6S2. The van der Waals surface area contributed by atoms with Crippen LogP contribution < -0.4 is 0 Å². The Kier molecular flexibility index (Phi) is 6.17. The molecule has 7 nitrogen and oxygen atoms in total. The van der Waals surface area contributed by atoms with Crippen LogP contribution in [0, 0.1) is 0 Å². The number of hydrogen-bond acceptors (Lipinski definition) is 7.